The van der Waals surface area contributed by atoms with Crippen molar-refractivity contribution in [3.63, 3.8) is 0 Å². The topological polar surface area (TPSA) is 106 Å². The normalized spacial score (nSPS) is 10.8. The molecule has 0 fully saturated rings. The van der Waals surface area contributed by atoms with Crippen molar-refractivity contribution < 1.29 is 22.7 Å². The molecular formula is C26H29N3O5S2. The molecule has 1 amide bonds. The molecule has 36 heavy (non-hydrogen) atoms. The Morgan fingerprint density at radius 3 is 2.25 bits per heavy atom. The zero-order valence-corrected chi connectivity index (χ0v) is 21.7. The summed E-state index contributed by atoms with van der Waals surface area (Å²) in [4.78, 5) is 12.6. The highest BCUT2D eigenvalue weighted by Crippen LogP contribution is 2.21. The van der Waals surface area contributed by atoms with Gasteiger partial charge in [0.15, 0.2) is 5.11 Å². The summed E-state index contributed by atoms with van der Waals surface area (Å²) in [6.45, 7) is 5.07. The lowest BCUT2D eigenvalue weighted by Crippen LogP contribution is -2.34. The highest BCUT2D eigenvalue weighted by atomic mass is 32.2. The first-order valence-electron chi connectivity index (χ1n) is 11.5. The van der Waals surface area contributed by atoms with Crippen LogP contribution >= 0.6 is 12.2 Å². The maximum absolute atomic E-state index is 12.7. The van der Waals surface area contributed by atoms with E-state index in [0.717, 1.165) is 12.8 Å². The van der Waals surface area contributed by atoms with E-state index < -0.39 is 10.0 Å². The molecule has 0 spiro atoms. The molecule has 0 radical (unpaired) electrons. The number of carbonyl (C=O) groups is 1. The predicted octanol–water partition coefficient (Wildman–Crippen LogP) is 5.19. The zero-order chi connectivity index (χ0) is 26.0. The van der Waals surface area contributed by atoms with E-state index in [1.165, 1.54) is 12.1 Å². The molecule has 0 saturated heterocycles. The Morgan fingerprint density at radius 1 is 0.889 bits per heavy atom. The molecule has 0 saturated carbocycles. The second kappa shape index (κ2) is 12.9. The molecule has 0 bridgehead atoms. The maximum Gasteiger partial charge on any atom is 0.261 e. The van der Waals surface area contributed by atoms with E-state index in [1.54, 1.807) is 60.7 Å². The fourth-order valence-electron chi connectivity index (χ4n) is 3.12. The minimum Gasteiger partial charge on any atom is -0.494 e. The Morgan fingerprint density at radius 2 is 1.58 bits per heavy atom. The van der Waals surface area contributed by atoms with E-state index in [-0.39, 0.29) is 15.9 Å². The third-order valence-corrected chi connectivity index (χ3v) is 6.53. The Bertz CT molecular complexity index is 1280. The Balaban J connectivity index is 1.56. The number of unbranched alkanes of at least 4 members (excludes halogenated alkanes) is 1. The highest BCUT2D eigenvalue weighted by Gasteiger charge is 2.15. The van der Waals surface area contributed by atoms with Crippen LogP contribution in [0, 0.1) is 0 Å². The smallest absolute Gasteiger partial charge is 0.261 e. The van der Waals surface area contributed by atoms with Gasteiger partial charge in [-0.3, -0.25) is 14.8 Å². The summed E-state index contributed by atoms with van der Waals surface area (Å²) in [5, 5.41) is 5.58. The number of hydrogen-bond donors (Lipinski definition) is 3. The average Bonchev–Trinajstić information content (AvgIpc) is 2.86. The number of benzene rings is 3. The number of anilines is 2. The van der Waals surface area contributed by atoms with Gasteiger partial charge in [-0.1, -0.05) is 19.4 Å². The molecule has 8 nitrogen and oxygen atoms in total. The number of nitrogens with one attached hydrogen (secondary N) is 3. The summed E-state index contributed by atoms with van der Waals surface area (Å²) in [6.07, 6.45) is 1.95. The summed E-state index contributed by atoms with van der Waals surface area (Å²) in [7, 11) is -3.78. The van der Waals surface area contributed by atoms with Crippen LogP contribution in [-0.2, 0) is 10.0 Å². The van der Waals surface area contributed by atoms with Gasteiger partial charge in [0.25, 0.3) is 15.9 Å². The Hall–Kier alpha value is -3.63. The Kier molecular flexibility index (Phi) is 9.66. The van der Waals surface area contributed by atoms with Crippen molar-refractivity contribution >= 4 is 44.6 Å². The molecule has 3 rings (SSSR count). The fraction of sp³-hybridized carbons (Fsp3) is 0.231. The summed E-state index contributed by atoms with van der Waals surface area (Å²) in [5.41, 5.74) is 1.36. The summed E-state index contributed by atoms with van der Waals surface area (Å²) in [6, 6.07) is 19.5. The van der Waals surface area contributed by atoms with Gasteiger partial charge in [0, 0.05) is 16.9 Å². The van der Waals surface area contributed by atoms with E-state index >= 15 is 0 Å². The van der Waals surface area contributed by atoms with Crippen molar-refractivity contribution in [2.45, 2.75) is 31.6 Å². The first kappa shape index (κ1) is 27.0. The van der Waals surface area contributed by atoms with Gasteiger partial charge in [-0.2, -0.15) is 0 Å². The van der Waals surface area contributed by atoms with E-state index in [9.17, 15) is 13.2 Å². The maximum atomic E-state index is 12.7. The van der Waals surface area contributed by atoms with Crippen LogP contribution in [0.1, 0.15) is 37.0 Å². The lowest BCUT2D eigenvalue weighted by molar-refractivity contribution is 0.0977. The fourth-order valence-corrected chi connectivity index (χ4v) is 4.39. The largest absolute Gasteiger partial charge is 0.494 e. The predicted molar refractivity (Wildman–Crippen MR) is 145 cm³/mol. The van der Waals surface area contributed by atoms with Crippen LogP contribution < -0.4 is 24.8 Å². The van der Waals surface area contributed by atoms with Crippen molar-refractivity contribution in [2.75, 3.05) is 23.3 Å². The lowest BCUT2D eigenvalue weighted by atomic mass is 10.2. The van der Waals surface area contributed by atoms with Crippen LogP contribution in [0.4, 0.5) is 11.4 Å². The molecule has 10 heteroatoms. The molecule has 0 unspecified atom stereocenters. The van der Waals surface area contributed by atoms with E-state index in [2.05, 4.69) is 22.3 Å². The van der Waals surface area contributed by atoms with Crippen molar-refractivity contribution in [3.05, 3.63) is 78.4 Å². The molecule has 0 aliphatic heterocycles. The summed E-state index contributed by atoms with van der Waals surface area (Å²) in [5.74, 6) is 0.893. The third-order valence-electron chi connectivity index (χ3n) is 4.93. The van der Waals surface area contributed by atoms with Crippen LogP contribution in [0.5, 0.6) is 11.5 Å². The zero-order valence-electron chi connectivity index (χ0n) is 20.1. The number of amides is 1. The number of hydrogen-bond acceptors (Lipinski definition) is 6. The minimum atomic E-state index is -3.78. The van der Waals surface area contributed by atoms with Gasteiger partial charge < -0.3 is 14.8 Å². The van der Waals surface area contributed by atoms with Gasteiger partial charge in [0.2, 0.25) is 0 Å². The third kappa shape index (κ3) is 7.96. The van der Waals surface area contributed by atoms with Gasteiger partial charge >= 0.3 is 0 Å². The SMILES string of the molecule is CCCCOc1cccc(C(=O)NC(=S)Nc2ccc(S(=O)(=O)Nc3ccc(OCC)cc3)cc2)c1. The molecule has 0 aliphatic carbocycles. The standard InChI is InChI=1S/C26H29N3O5S2/c1-3-5-17-34-23-8-6-7-19(18-23)25(30)28-26(35)27-20-11-15-24(16-12-20)36(31,32)29-21-9-13-22(14-10-21)33-4-2/h6-16,18,29H,3-5,17H2,1-2H3,(H2,27,28,30,35). The molecule has 0 atom stereocenters. The number of ether oxygens (including phenoxy) is 2. The molecule has 0 aliphatic rings. The monoisotopic (exact) mass is 527 g/mol. The van der Waals surface area contributed by atoms with Crippen LogP contribution in [-0.4, -0.2) is 32.7 Å². The van der Waals surface area contributed by atoms with Crippen LogP contribution in [0.3, 0.4) is 0 Å². The minimum absolute atomic E-state index is 0.0803. The average molecular weight is 528 g/mol. The molecule has 0 heterocycles. The Labute approximate surface area is 217 Å². The van der Waals surface area contributed by atoms with Gasteiger partial charge in [0.1, 0.15) is 11.5 Å². The van der Waals surface area contributed by atoms with Crippen LogP contribution in [0.2, 0.25) is 0 Å². The molecule has 0 aromatic heterocycles. The number of thiocarbonyl (C=S) groups is 1. The van der Waals surface area contributed by atoms with Crippen molar-refractivity contribution in [2.24, 2.45) is 0 Å². The lowest BCUT2D eigenvalue weighted by Gasteiger charge is -2.12. The van der Waals surface area contributed by atoms with Gasteiger partial charge in [-0.25, -0.2) is 8.42 Å². The summed E-state index contributed by atoms with van der Waals surface area (Å²) < 4.78 is 38.9. The van der Waals surface area contributed by atoms with E-state index in [0.29, 0.717) is 41.7 Å². The van der Waals surface area contributed by atoms with Gasteiger partial charge in [-0.15, -0.1) is 0 Å². The second-order valence-electron chi connectivity index (χ2n) is 7.73. The van der Waals surface area contributed by atoms with E-state index in [1.807, 2.05) is 6.92 Å². The van der Waals surface area contributed by atoms with Gasteiger partial charge in [0.05, 0.1) is 18.1 Å². The molecule has 3 N–H and O–H groups in total. The molecule has 190 valence electrons. The summed E-state index contributed by atoms with van der Waals surface area (Å²) >= 11 is 5.24. The van der Waals surface area contributed by atoms with Crippen molar-refractivity contribution in [3.8, 4) is 11.5 Å². The first-order chi connectivity index (χ1) is 17.3. The van der Waals surface area contributed by atoms with E-state index in [4.69, 9.17) is 21.7 Å². The number of carbonyl (C=O) groups excluding carboxylic acids is 1. The molecule has 3 aromatic carbocycles. The number of sulfonamides is 1. The van der Waals surface area contributed by atoms with Crippen LogP contribution in [0.15, 0.2) is 77.7 Å². The van der Waals surface area contributed by atoms with Crippen molar-refractivity contribution in [1.82, 2.24) is 5.32 Å². The molecule has 3 aromatic rings. The highest BCUT2D eigenvalue weighted by molar-refractivity contribution is 7.92. The molecular weight excluding hydrogens is 498 g/mol. The van der Waals surface area contributed by atoms with Gasteiger partial charge in [-0.05, 0) is 92.3 Å². The number of rotatable bonds is 11. The van der Waals surface area contributed by atoms with Crippen molar-refractivity contribution in [1.29, 1.82) is 0 Å². The van der Waals surface area contributed by atoms with Crippen LogP contribution in [0.25, 0.3) is 0 Å². The quantitative estimate of drug-likeness (QED) is 0.233. The second-order valence-corrected chi connectivity index (χ2v) is 9.82. The first-order valence-corrected chi connectivity index (χ1v) is 13.4.